The van der Waals surface area contributed by atoms with E-state index in [0.717, 1.165) is 10.4 Å². The molecule has 0 unspecified atom stereocenters. The molecule has 1 heterocycles. The minimum atomic E-state index is -0.730. The zero-order valence-electron chi connectivity index (χ0n) is 7.61. The van der Waals surface area contributed by atoms with Crippen LogP contribution >= 0.6 is 11.3 Å². The van der Waals surface area contributed by atoms with Crippen LogP contribution in [0.2, 0.25) is 0 Å². The number of aryl methyl sites for hydroxylation is 1. The van der Waals surface area contributed by atoms with Crippen LogP contribution in [-0.4, -0.2) is 18.2 Å². The molecule has 1 N–H and O–H groups in total. The molecule has 0 aliphatic rings. The number of methoxy groups -OCH3 is 1. The van der Waals surface area contributed by atoms with E-state index in [0.29, 0.717) is 0 Å². The van der Waals surface area contributed by atoms with Gasteiger partial charge in [-0.25, -0.2) is 0 Å². The molecule has 0 radical (unpaired) electrons. The number of hydrogen-bond donors (Lipinski definition) is 1. The fourth-order valence-corrected chi connectivity index (χ4v) is 1.85. The normalized spacial score (nSPS) is 12.5. The molecular formula is C9H12O3S. The summed E-state index contributed by atoms with van der Waals surface area (Å²) in [7, 11) is 1.31. The predicted octanol–water partition coefficient (Wildman–Crippen LogP) is 1.65. The highest BCUT2D eigenvalue weighted by molar-refractivity contribution is 7.10. The first-order valence-electron chi connectivity index (χ1n) is 3.93. The zero-order chi connectivity index (χ0) is 9.84. The van der Waals surface area contributed by atoms with Gasteiger partial charge in [0.05, 0.1) is 19.6 Å². The SMILES string of the molecule is COC(=O)C[C@H](O)c1cc(C)cs1. The lowest BCUT2D eigenvalue weighted by Gasteiger charge is -2.05. The molecule has 13 heavy (non-hydrogen) atoms. The first-order valence-corrected chi connectivity index (χ1v) is 4.81. The van der Waals surface area contributed by atoms with Gasteiger partial charge in [0.1, 0.15) is 0 Å². The van der Waals surface area contributed by atoms with Crippen molar-refractivity contribution in [3.8, 4) is 0 Å². The Balaban J connectivity index is 2.58. The van der Waals surface area contributed by atoms with Gasteiger partial charge in [0.2, 0.25) is 0 Å². The Bertz CT molecular complexity index is 293. The van der Waals surface area contributed by atoms with Crippen molar-refractivity contribution < 1.29 is 14.6 Å². The number of hydrogen-bond acceptors (Lipinski definition) is 4. The Morgan fingerprint density at radius 1 is 1.77 bits per heavy atom. The zero-order valence-corrected chi connectivity index (χ0v) is 8.43. The summed E-state index contributed by atoms with van der Waals surface area (Å²) in [6, 6.07) is 1.87. The Morgan fingerprint density at radius 3 is 2.92 bits per heavy atom. The molecular weight excluding hydrogens is 188 g/mol. The number of carbonyl (C=O) groups is 1. The highest BCUT2D eigenvalue weighted by Crippen LogP contribution is 2.24. The average Bonchev–Trinajstić information content (AvgIpc) is 2.51. The summed E-state index contributed by atoms with van der Waals surface area (Å²) in [5.41, 5.74) is 1.10. The van der Waals surface area contributed by atoms with Crippen molar-refractivity contribution in [2.24, 2.45) is 0 Å². The first-order chi connectivity index (χ1) is 6.13. The smallest absolute Gasteiger partial charge is 0.308 e. The molecule has 0 aliphatic carbocycles. The van der Waals surface area contributed by atoms with Crippen LogP contribution < -0.4 is 0 Å². The minimum Gasteiger partial charge on any atom is -0.469 e. The Kier molecular flexibility index (Phi) is 3.45. The van der Waals surface area contributed by atoms with E-state index in [4.69, 9.17) is 0 Å². The molecule has 1 aromatic rings. The first kappa shape index (κ1) is 10.2. The number of ether oxygens (including phenoxy) is 1. The van der Waals surface area contributed by atoms with Crippen molar-refractivity contribution in [1.29, 1.82) is 0 Å². The highest BCUT2D eigenvalue weighted by Gasteiger charge is 2.14. The number of carbonyl (C=O) groups excluding carboxylic acids is 1. The van der Waals surface area contributed by atoms with Crippen molar-refractivity contribution >= 4 is 17.3 Å². The Morgan fingerprint density at radius 2 is 2.46 bits per heavy atom. The summed E-state index contributed by atoms with van der Waals surface area (Å²) in [5.74, 6) is -0.390. The van der Waals surface area contributed by atoms with Gasteiger partial charge in [-0.2, -0.15) is 0 Å². The predicted molar refractivity (Wildman–Crippen MR) is 50.6 cm³/mol. The summed E-state index contributed by atoms with van der Waals surface area (Å²) in [4.78, 5) is 11.6. The van der Waals surface area contributed by atoms with Gasteiger partial charge in [-0.3, -0.25) is 4.79 Å². The molecule has 1 atom stereocenters. The van der Waals surface area contributed by atoms with Gasteiger partial charge < -0.3 is 9.84 Å². The second kappa shape index (κ2) is 4.39. The topological polar surface area (TPSA) is 46.5 Å². The molecule has 0 saturated heterocycles. The van der Waals surface area contributed by atoms with Crippen LogP contribution in [0.1, 0.15) is 23.0 Å². The molecule has 0 aromatic carbocycles. The third-order valence-corrected chi connectivity index (χ3v) is 2.82. The van der Waals surface area contributed by atoms with Crippen molar-refractivity contribution in [2.75, 3.05) is 7.11 Å². The van der Waals surface area contributed by atoms with Crippen molar-refractivity contribution in [3.05, 3.63) is 21.9 Å². The fraction of sp³-hybridized carbons (Fsp3) is 0.444. The van der Waals surface area contributed by atoms with Gasteiger partial charge in [0.25, 0.3) is 0 Å². The van der Waals surface area contributed by atoms with E-state index in [1.54, 1.807) is 0 Å². The lowest BCUT2D eigenvalue weighted by atomic mass is 10.2. The van der Waals surface area contributed by atoms with E-state index in [9.17, 15) is 9.90 Å². The van der Waals surface area contributed by atoms with Crippen LogP contribution in [0.4, 0.5) is 0 Å². The van der Waals surface area contributed by atoms with Crippen LogP contribution in [0.25, 0.3) is 0 Å². The van der Waals surface area contributed by atoms with Crippen LogP contribution in [0.5, 0.6) is 0 Å². The van der Waals surface area contributed by atoms with E-state index >= 15 is 0 Å². The van der Waals surface area contributed by atoms with E-state index in [2.05, 4.69) is 4.74 Å². The third kappa shape index (κ3) is 2.82. The number of esters is 1. The maximum absolute atomic E-state index is 10.8. The third-order valence-electron chi connectivity index (χ3n) is 1.67. The van der Waals surface area contributed by atoms with E-state index in [1.165, 1.54) is 18.4 Å². The van der Waals surface area contributed by atoms with Crippen molar-refractivity contribution in [3.63, 3.8) is 0 Å². The van der Waals surface area contributed by atoms with E-state index in [-0.39, 0.29) is 6.42 Å². The van der Waals surface area contributed by atoms with Gasteiger partial charge >= 0.3 is 5.97 Å². The van der Waals surface area contributed by atoms with E-state index in [1.807, 2.05) is 18.4 Å². The molecule has 0 amide bonds. The molecule has 72 valence electrons. The molecule has 3 nitrogen and oxygen atoms in total. The summed E-state index contributed by atoms with van der Waals surface area (Å²) in [5, 5.41) is 11.5. The highest BCUT2D eigenvalue weighted by atomic mass is 32.1. The van der Waals surface area contributed by atoms with Crippen LogP contribution in [0.15, 0.2) is 11.4 Å². The number of aliphatic hydroxyl groups is 1. The molecule has 1 rings (SSSR count). The van der Waals surface area contributed by atoms with Gasteiger partial charge in [0, 0.05) is 4.88 Å². The standard InChI is InChI=1S/C9H12O3S/c1-6-3-8(13-5-6)7(10)4-9(11)12-2/h3,5,7,10H,4H2,1-2H3/t7-/m0/s1. The van der Waals surface area contributed by atoms with Crippen LogP contribution in [0, 0.1) is 6.92 Å². The molecule has 4 heteroatoms. The second-order valence-corrected chi connectivity index (χ2v) is 3.77. The van der Waals surface area contributed by atoms with Crippen molar-refractivity contribution in [1.82, 2.24) is 0 Å². The molecule has 0 spiro atoms. The molecule has 0 aliphatic heterocycles. The van der Waals surface area contributed by atoms with Crippen LogP contribution in [0.3, 0.4) is 0 Å². The Labute approximate surface area is 81.0 Å². The summed E-state index contributed by atoms with van der Waals surface area (Å²) in [6.07, 6.45) is -0.706. The van der Waals surface area contributed by atoms with Crippen LogP contribution in [-0.2, 0) is 9.53 Å². The van der Waals surface area contributed by atoms with Gasteiger partial charge in [-0.15, -0.1) is 11.3 Å². The van der Waals surface area contributed by atoms with Gasteiger partial charge in [-0.05, 0) is 23.9 Å². The molecule has 0 saturated carbocycles. The summed E-state index contributed by atoms with van der Waals surface area (Å²) < 4.78 is 4.45. The molecule has 0 bridgehead atoms. The number of thiophene rings is 1. The monoisotopic (exact) mass is 200 g/mol. The number of aliphatic hydroxyl groups excluding tert-OH is 1. The lowest BCUT2D eigenvalue weighted by Crippen LogP contribution is -2.06. The minimum absolute atomic E-state index is 0.0243. The molecule has 1 aromatic heterocycles. The van der Waals surface area contributed by atoms with Gasteiger partial charge in [-0.1, -0.05) is 0 Å². The maximum atomic E-state index is 10.8. The van der Waals surface area contributed by atoms with E-state index < -0.39 is 12.1 Å². The summed E-state index contributed by atoms with van der Waals surface area (Å²) >= 11 is 1.45. The maximum Gasteiger partial charge on any atom is 0.308 e. The summed E-state index contributed by atoms with van der Waals surface area (Å²) in [6.45, 7) is 1.95. The van der Waals surface area contributed by atoms with Gasteiger partial charge in [0.15, 0.2) is 0 Å². The van der Waals surface area contributed by atoms with Crippen molar-refractivity contribution in [2.45, 2.75) is 19.4 Å². The Hall–Kier alpha value is -0.870. The second-order valence-electron chi connectivity index (χ2n) is 2.82. The number of rotatable bonds is 3. The fourth-order valence-electron chi connectivity index (χ4n) is 0.970. The molecule has 0 fully saturated rings. The lowest BCUT2D eigenvalue weighted by molar-refractivity contribution is -0.142. The average molecular weight is 200 g/mol. The largest absolute Gasteiger partial charge is 0.469 e. The quantitative estimate of drug-likeness (QED) is 0.755.